The van der Waals surface area contributed by atoms with Gasteiger partial charge >= 0.3 is 12.3 Å². The molecular weight excluding hydrogens is 327 g/mol. The van der Waals surface area contributed by atoms with E-state index in [1.54, 1.807) is 4.72 Å². The number of hydrogen-bond donors (Lipinski definition) is 2. The van der Waals surface area contributed by atoms with Crippen LogP contribution >= 0.6 is 11.6 Å². The molecule has 0 unspecified atom stereocenters. The van der Waals surface area contributed by atoms with E-state index in [2.05, 4.69) is 4.74 Å². The van der Waals surface area contributed by atoms with Crippen LogP contribution in [0.5, 0.6) is 5.75 Å². The molecule has 0 aliphatic heterocycles. The lowest BCUT2D eigenvalue weighted by Crippen LogP contribution is -2.19. The SMILES string of the molecule is CS(=O)(=O)Nc1c(C(=O)O)ccc(OC(F)(F)F)c1Cl. The van der Waals surface area contributed by atoms with Crippen molar-refractivity contribution in [3.8, 4) is 5.75 Å². The van der Waals surface area contributed by atoms with Crippen LogP contribution in [0, 0.1) is 0 Å². The number of ether oxygens (including phenoxy) is 1. The molecule has 0 aromatic heterocycles. The number of halogens is 4. The topological polar surface area (TPSA) is 92.7 Å². The van der Waals surface area contributed by atoms with Gasteiger partial charge in [0.1, 0.15) is 10.8 Å². The first-order valence-corrected chi connectivity index (χ1v) is 6.97. The van der Waals surface area contributed by atoms with Gasteiger partial charge in [-0.2, -0.15) is 0 Å². The molecule has 0 spiro atoms. The third kappa shape index (κ3) is 4.46. The second kappa shape index (κ2) is 5.37. The summed E-state index contributed by atoms with van der Waals surface area (Å²) in [5, 5.41) is 8.04. The van der Waals surface area contributed by atoms with E-state index in [0.29, 0.717) is 12.3 Å². The summed E-state index contributed by atoms with van der Waals surface area (Å²) >= 11 is 5.55. The Morgan fingerprint density at radius 3 is 2.35 bits per heavy atom. The van der Waals surface area contributed by atoms with Crippen molar-refractivity contribution in [2.75, 3.05) is 11.0 Å². The molecule has 0 saturated heterocycles. The molecule has 0 fully saturated rings. The molecule has 6 nitrogen and oxygen atoms in total. The maximum atomic E-state index is 12.1. The minimum Gasteiger partial charge on any atom is -0.478 e. The first-order chi connectivity index (χ1) is 8.91. The van der Waals surface area contributed by atoms with Crippen LogP contribution in [0.25, 0.3) is 0 Å². The summed E-state index contributed by atoms with van der Waals surface area (Å²) in [7, 11) is -3.95. The monoisotopic (exact) mass is 333 g/mol. The van der Waals surface area contributed by atoms with Gasteiger partial charge in [-0.15, -0.1) is 13.2 Å². The molecule has 112 valence electrons. The summed E-state index contributed by atoms with van der Waals surface area (Å²) in [6.45, 7) is 0. The highest BCUT2D eigenvalue weighted by atomic mass is 35.5. The summed E-state index contributed by atoms with van der Waals surface area (Å²) in [5.41, 5.74) is -1.32. The molecule has 0 aliphatic rings. The van der Waals surface area contributed by atoms with Crippen LogP contribution in [0.1, 0.15) is 10.4 Å². The Morgan fingerprint density at radius 2 is 1.95 bits per heavy atom. The number of carboxylic acid groups (broad SMARTS) is 1. The largest absolute Gasteiger partial charge is 0.573 e. The van der Waals surface area contributed by atoms with E-state index < -0.39 is 44.4 Å². The van der Waals surface area contributed by atoms with Crippen molar-refractivity contribution >= 4 is 33.3 Å². The average Bonchev–Trinajstić information content (AvgIpc) is 2.19. The first-order valence-electron chi connectivity index (χ1n) is 4.70. The Bertz CT molecular complexity index is 644. The average molecular weight is 334 g/mol. The van der Waals surface area contributed by atoms with Crippen LogP contribution in [-0.2, 0) is 10.0 Å². The number of anilines is 1. The fourth-order valence-corrected chi connectivity index (χ4v) is 2.11. The summed E-state index contributed by atoms with van der Waals surface area (Å²) in [6.07, 6.45) is -4.37. The Balaban J connectivity index is 3.42. The molecule has 0 bridgehead atoms. The Hall–Kier alpha value is -1.68. The van der Waals surface area contributed by atoms with Gasteiger partial charge in [-0.25, -0.2) is 13.2 Å². The minimum absolute atomic E-state index is 0.616. The molecule has 20 heavy (non-hydrogen) atoms. The first kappa shape index (κ1) is 16.4. The van der Waals surface area contributed by atoms with E-state index in [4.69, 9.17) is 16.7 Å². The van der Waals surface area contributed by atoms with Gasteiger partial charge in [0.05, 0.1) is 17.5 Å². The molecule has 0 heterocycles. The molecule has 1 rings (SSSR count). The van der Waals surface area contributed by atoms with Crippen molar-refractivity contribution in [2.45, 2.75) is 6.36 Å². The molecule has 1 aromatic carbocycles. The van der Waals surface area contributed by atoms with Crippen LogP contribution in [0.4, 0.5) is 18.9 Å². The van der Waals surface area contributed by atoms with Crippen molar-refractivity contribution in [3.05, 3.63) is 22.7 Å². The molecular formula is C9H7ClF3NO5S. The third-order valence-corrected chi connectivity index (χ3v) is 2.80. The number of alkyl halides is 3. The second-order valence-electron chi connectivity index (χ2n) is 3.53. The zero-order valence-corrected chi connectivity index (χ0v) is 11.2. The van der Waals surface area contributed by atoms with Crippen molar-refractivity contribution in [3.63, 3.8) is 0 Å². The molecule has 0 saturated carbocycles. The molecule has 0 aliphatic carbocycles. The molecule has 2 N–H and O–H groups in total. The van der Waals surface area contributed by atoms with Gasteiger partial charge in [-0.1, -0.05) is 11.6 Å². The molecule has 0 atom stereocenters. The minimum atomic E-state index is -5.06. The van der Waals surface area contributed by atoms with Gasteiger partial charge in [0.15, 0.2) is 0 Å². The Morgan fingerprint density at radius 1 is 1.40 bits per heavy atom. The van der Waals surface area contributed by atoms with Gasteiger partial charge in [-0.05, 0) is 12.1 Å². The lowest BCUT2D eigenvalue weighted by molar-refractivity contribution is -0.274. The maximum absolute atomic E-state index is 12.1. The van der Waals surface area contributed by atoms with E-state index in [0.717, 1.165) is 6.07 Å². The maximum Gasteiger partial charge on any atom is 0.573 e. The van der Waals surface area contributed by atoms with E-state index in [1.165, 1.54) is 0 Å². The van der Waals surface area contributed by atoms with Crippen LogP contribution in [0.3, 0.4) is 0 Å². The van der Waals surface area contributed by atoms with E-state index in [1.807, 2.05) is 0 Å². The fraction of sp³-hybridized carbons (Fsp3) is 0.222. The van der Waals surface area contributed by atoms with Gasteiger partial charge in [0.2, 0.25) is 10.0 Å². The zero-order valence-electron chi connectivity index (χ0n) is 9.66. The van der Waals surface area contributed by atoms with Gasteiger partial charge in [-0.3, -0.25) is 4.72 Å². The number of nitrogens with one attached hydrogen (secondary N) is 1. The predicted molar refractivity (Wildman–Crippen MR) is 63.6 cm³/mol. The quantitative estimate of drug-likeness (QED) is 0.882. The Kier molecular flexibility index (Phi) is 4.39. The molecule has 0 amide bonds. The fourth-order valence-electron chi connectivity index (χ4n) is 1.22. The number of aromatic carboxylic acids is 1. The number of hydrogen-bond acceptors (Lipinski definition) is 4. The second-order valence-corrected chi connectivity index (χ2v) is 5.65. The van der Waals surface area contributed by atoms with Gasteiger partial charge < -0.3 is 9.84 Å². The number of rotatable bonds is 4. The lowest BCUT2D eigenvalue weighted by Gasteiger charge is -2.15. The number of sulfonamides is 1. The highest BCUT2D eigenvalue weighted by molar-refractivity contribution is 7.92. The van der Waals surface area contributed by atoms with Crippen molar-refractivity contribution in [2.24, 2.45) is 0 Å². The lowest BCUT2D eigenvalue weighted by atomic mass is 10.2. The number of carbonyl (C=O) groups is 1. The molecule has 1 aromatic rings. The van der Waals surface area contributed by atoms with E-state index in [9.17, 15) is 26.4 Å². The zero-order chi connectivity index (χ0) is 15.7. The van der Waals surface area contributed by atoms with Crippen molar-refractivity contribution in [1.82, 2.24) is 0 Å². The van der Waals surface area contributed by atoms with E-state index >= 15 is 0 Å². The highest BCUT2D eigenvalue weighted by Gasteiger charge is 2.33. The normalized spacial score (nSPS) is 12.1. The molecule has 0 radical (unpaired) electrons. The van der Waals surface area contributed by atoms with Gasteiger partial charge in [0, 0.05) is 0 Å². The number of benzene rings is 1. The summed E-state index contributed by atoms with van der Waals surface area (Å²) in [5.74, 6) is -2.49. The number of carboxylic acids is 1. The summed E-state index contributed by atoms with van der Waals surface area (Å²) in [4.78, 5) is 10.9. The summed E-state index contributed by atoms with van der Waals surface area (Å²) < 4.78 is 63.8. The standard InChI is InChI=1S/C9H7ClF3NO5S/c1-20(17,18)14-7-4(8(15)16)2-3-5(6(7)10)19-9(11,12)13/h2-3,14H,1H3,(H,15,16). The third-order valence-electron chi connectivity index (χ3n) is 1.85. The Labute approximate surface area is 116 Å². The van der Waals surface area contributed by atoms with Crippen LogP contribution in [0.2, 0.25) is 5.02 Å². The molecule has 11 heteroatoms. The van der Waals surface area contributed by atoms with Crippen molar-refractivity contribution in [1.29, 1.82) is 0 Å². The highest BCUT2D eigenvalue weighted by Crippen LogP contribution is 2.38. The van der Waals surface area contributed by atoms with Gasteiger partial charge in [0.25, 0.3) is 0 Å². The van der Waals surface area contributed by atoms with Crippen LogP contribution in [-0.4, -0.2) is 32.1 Å². The van der Waals surface area contributed by atoms with Crippen molar-refractivity contribution < 1.29 is 36.2 Å². The van der Waals surface area contributed by atoms with Crippen LogP contribution in [0.15, 0.2) is 12.1 Å². The summed E-state index contributed by atoms with van der Waals surface area (Å²) in [6, 6.07) is 1.41. The predicted octanol–water partition coefficient (Wildman–Crippen LogP) is 2.31. The van der Waals surface area contributed by atoms with E-state index in [-0.39, 0.29) is 0 Å². The smallest absolute Gasteiger partial charge is 0.478 e. The van der Waals surface area contributed by atoms with Crippen LogP contribution < -0.4 is 9.46 Å².